The van der Waals surface area contributed by atoms with Crippen LogP contribution in [0.15, 0.2) is 0 Å². The SMILES string of the molecule is CC(CCCCCCCCCO)SS. The molecular formula is C11H24OS2. The van der Waals surface area contributed by atoms with E-state index in [-0.39, 0.29) is 0 Å². The van der Waals surface area contributed by atoms with Gasteiger partial charge >= 0.3 is 0 Å². The van der Waals surface area contributed by atoms with E-state index in [1.54, 1.807) is 10.8 Å². The van der Waals surface area contributed by atoms with Crippen LogP contribution in [0.1, 0.15) is 58.3 Å². The lowest BCUT2D eigenvalue weighted by Gasteiger charge is -2.06. The highest BCUT2D eigenvalue weighted by Crippen LogP contribution is 2.20. The van der Waals surface area contributed by atoms with E-state index >= 15 is 0 Å². The van der Waals surface area contributed by atoms with Crippen molar-refractivity contribution in [3.05, 3.63) is 0 Å². The first kappa shape index (κ1) is 14.7. The van der Waals surface area contributed by atoms with Crippen molar-refractivity contribution in [3.63, 3.8) is 0 Å². The molecule has 0 aliphatic carbocycles. The van der Waals surface area contributed by atoms with Crippen molar-refractivity contribution in [1.82, 2.24) is 0 Å². The van der Waals surface area contributed by atoms with Crippen molar-refractivity contribution >= 4 is 22.5 Å². The lowest BCUT2D eigenvalue weighted by atomic mass is 10.1. The summed E-state index contributed by atoms with van der Waals surface area (Å²) in [5.74, 6) is 0. The Hall–Kier alpha value is 0.660. The van der Waals surface area contributed by atoms with Gasteiger partial charge in [0.05, 0.1) is 0 Å². The maximum Gasteiger partial charge on any atom is 0.0431 e. The molecule has 0 aliphatic rings. The monoisotopic (exact) mass is 236 g/mol. The molecule has 0 fully saturated rings. The molecule has 0 saturated carbocycles. The zero-order valence-corrected chi connectivity index (χ0v) is 11.0. The van der Waals surface area contributed by atoms with E-state index < -0.39 is 0 Å². The van der Waals surface area contributed by atoms with Crippen molar-refractivity contribution in [1.29, 1.82) is 0 Å². The highest BCUT2D eigenvalue weighted by molar-refractivity contribution is 8.68. The van der Waals surface area contributed by atoms with E-state index in [9.17, 15) is 0 Å². The van der Waals surface area contributed by atoms with E-state index in [2.05, 4.69) is 18.6 Å². The van der Waals surface area contributed by atoms with Gasteiger partial charge in [-0.3, -0.25) is 0 Å². The fourth-order valence-electron chi connectivity index (χ4n) is 1.48. The Morgan fingerprint density at radius 2 is 1.50 bits per heavy atom. The molecule has 14 heavy (non-hydrogen) atoms. The first-order valence-corrected chi connectivity index (χ1v) is 7.65. The quantitative estimate of drug-likeness (QED) is 0.339. The molecule has 1 atom stereocenters. The molecule has 1 nitrogen and oxygen atoms in total. The number of aliphatic hydroxyl groups is 1. The standard InChI is InChI=1S/C11H24OS2/c1-11(14-13)9-7-5-3-2-4-6-8-10-12/h11-13H,2-10H2,1H3. The van der Waals surface area contributed by atoms with Gasteiger partial charge in [0.15, 0.2) is 0 Å². The second-order valence-corrected chi connectivity index (χ2v) is 5.55. The summed E-state index contributed by atoms with van der Waals surface area (Å²) in [7, 11) is 1.67. The molecule has 0 radical (unpaired) electrons. The number of rotatable bonds is 10. The van der Waals surface area contributed by atoms with Gasteiger partial charge in [0.25, 0.3) is 0 Å². The second kappa shape index (κ2) is 11.7. The number of aliphatic hydroxyl groups excluding tert-OH is 1. The van der Waals surface area contributed by atoms with Crippen LogP contribution >= 0.6 is 22.5 Å². The lowest BCUT2D eigenvalue weighted by molar-refractivity contribution is 0.282. The smallest absolute Gasteiger partial charge is 0.0431 e. The first-order chi connectivity index (χ1) is 6.81. The summed E-state index contributed by atoms with van der Waals surface area (Å²) in [6, 6.07) is 0. The minimum atomic E-state index is 0.358. The first-order valence-electron chi connectivity index (χ1n) is 5.72. The average molecular weight is 236 g/mol. The third kappa shape index (κ3) is 10.7. The number of hydrogen-bond acceptors (Lipinski definition) is 3. The van der Waals surface area contributed by atoms with Crippen molar-refractivity contribution < 1.29 is 5.11 Å². The summed E-state index contributed by atoms with van der Waals surface area (Å²) < 4.78 is 0. The van der Waals surface area contributed by atoms with E-state index in [0.717, 1.165) is 6.42 Å². The van der Waals surface area contributed by atoms with Gasteiger partial charge in [-0.2, -0.15) is 0 Å². The minimum Gasteiger partial charge on any atom is -0.396 e. The highest BCUT2D eigenvalue weighted by Gasteiger charge is 1.98. The third-order valence-electron chi connectivity index (χ3n) is 2.45. The van der Waals surface area contributed by atoms with Gasteiger partial charge < -0.3 is 5.11 Å². The Bertz CT molecular complexity index is 109. The molecule has 1 N–H and O–H groups in total. The van der Waals surface area contributed by atoms with Crippen LogP contribution in [0.5, 0.6) is 0 Å². The van der Waals surface area contributed by atoms with Crippen molar-refractivity contribution in [2.45, 2.75) is 63.5 Å². The Labute approximate surface area is 97.9 Å². The Balaban J connectivity index is 2.92. The number of thiol groups is 1. The number of unbranched alkanes of at least 4 members (excludes halogenated alkanes) is 6. The maximum atomic E-state index is 8.59. The predicted octanol–water partition coefficient (Wildman–Crippen LogP) is 4.07. The molecule has 3 heteroatoms. The van der Waals surface area contributed by atoms with Gasteiger partial charge in [-0.15, -0.1) is 11.7 Å². The summed E-state index contributed by atoms with van der Waals surface area (Å²) in [5, 5.41) is 9.29. The molecular weight excluding hydrogens is 212 g/mol. The Morgan fingerprint density at radius 3 is 2.00 bits per heavy atom. The average Bonchev–Trinajstić information content (AvgIpc) is 2.21. The summed E-state index contributed by atoms with van der Waals surface area (Å²) in [6.07, 6.45) is 10.2. The van der Waals surface area contributed by atoms with E-state index in [4.69, 9.17) is 5.11 Å². The van der Waals surface area contributed by atoms with Gasteiger partial charge in [0, 0.05) is 11.9 Å². The van der Waals surface area contributed by atoms with Crippen molar-refractivity contribution in [2.24, 2.45) is 0 Å². The molecule has 0 aliphatic heterocycles. The summed E-state index contributed by atoms with van der Waals surface area (Å²) in [4.78, 5) is 0. The zero-order chi connectivity index (χ0) is 10.6. The van der Waals surface area contributed by atoms with Gasteiger partial charge in [-0.25, -0.2) is 0 Å². The molecule has 0 aromatic heterocycles. The molecule has 0 aromatic rings. The Morgan fingerprint density at radius 1 is 1.00 bits per heavy atom. The lowest BCUT2D eigenvalue weighted by Crippen LogP contribution is -1.92. The van der Waals surface area contributed by atoms with Gasteiger partial charge in [-0.05, 0) is 12.8 Å². The van der Waals surface area contributed by atoms with Crippen LogP contribution in [0.25, 0.3) is 0 Å². The van der Waals surface area contributed by atoms with Crippen molar-refractivity contribution in [2.75, 3.05) is 6.61 Å². The van der Waals surface area contributed by atoms with Crippen LogP contribution < -0.4 is 0 Å². The van der Waals surface area contributed by atoms with E-state index in [0.29, 0.717) is 11.9 Å². The van der Waals surface area contributed by atoms with E-state index in [1.807, 2.05) is 0 Å². The molecule has 1 unspecified atom stereocenters. The molecule has 0 bridgehead atoms. The Kier molecular flexibility index (Phi) is 12.3. The van der Waals surface area contributed by atoms with Crippen LogP contribution in [-0.4, -0.2) is 17.0 Å². The third-order valence-corrected chi connectivity index (χ3v) is 4.12. The highest BCUT2D eigenvalue weighted by atomic mass is 33.1. The molecule has 0 heterocycles. The molecule has 0 aromatic carbocycles. The van der Waals surface area contributed by atoms with Crippen LogP contribution in [-0.2, 0) is 0 Å². The van der Waals surface area contributed by atoms with Gasteiger partial charge in [0.2, 0.25) is 0 Å². The van der Waals surface area contributed by atoms with Crippen LogP contribution in [0, 0.1) is 0 Å². The van der Waals surface area contributed by atoms with E-state index in [1.165, 1.54) is 44.9 Å². The van der Waals surface area contributed by atoms with Crippen LogP contribution in [0.3, 0.4) is 0 Å². The minimum absolute atomic E-state index is 0.358. The second-order valence-electron chi connectivity index (χ2n) is 3.90. The van der Waals surface area contributed by atoms with Gasteiger partial charge in [0.1, 0.15) is 0 Å². The summed E-state index contributed by atoms with van der Waals surface area (Å²) in [5.41, 5.74) is 0. The largest absolute Gasteiger partial charge is 0.396 e. The maximum absolute atomic E-state index is 8.59. The fourth-order valence-corrected chi connectivity index (χ4v) is 2.07. The molecule has 0 amide bonds. The number of hydrogen-bond donors (Lipinski definition) is 2. The predicted molar refractivity (Wildman–Crippen MR) is 70.1 cm³/mol. The summed E-state index contributed by atoms with van der Waals surface area (Å²) in [6.45, 7) is 2.59. The van der Waals surface area contributed by atoms with Crippen LogP contribution in [0.2, 0.25) is 0 Å². The van der Waals surface area contributed by atoms with Gasteiger partial charge in [-0.1, -0.05) is 56.2 Å². The summed E-state index contributed by atoms with van der Waals surface area (Å²) >= 11 is 4.19. The molecule has 0 spiro atoms. The topological polar surface area (TPSA) is 20.2 Å². The molecule has 0 saturated heterocycles. The molecule has 0 rings (SSSR count). The van der Waals surface area contributed by atoms with Crippen LogP contribution in [0.4, 0.5) is 0 Å². The van der Waals surface area contributed by atoms with Crippen molar-refractivity contribution in [3.8, 4) is 0 Å². The zero-order valence-electron chi connectivity index (χ0n) is 9.24. The normalized spacial score (nSPS) is 13.1. The fraction of sp³-hybridized carbons (Fsp3) is 1.00. The molecule has 86 valence electrons.